The summed E-state index contributed by atoms with van der Waals surface area (Å²) in [5.41, 5.74) is 1.55. The molecule has 0 bridgehead atoms. The smallest absolute Gasteiger partial charge is 0.200 e. The number of unbranched alkanes of at least 4 members (excludes halogenated alkanes) is 1. The second kappa shape index (κ2) is 9.71. The molecule has 4 nitrogen and oxygen atoms in total. The van der Waals surface area contributed by atoms with Gasteiger partial charge in [0.2, 0.25) is 8.32 Å². The third-order valence-corrected chi connectivity index (χ3v) is 13.0. The molecule has 2 fully saturated rings. The quantitative estimate of drug-likeness (QED) is 0.260. The summed E-state index contributed by atoms with van der Waals surface area (Å²) in [6, 6.07) is 0. The van der Waals surface area contributed by atoms with Gasteiger partial charge in [-0.3, -0.25) is 4.79 Å². The maximum atomic E-state index is 13.0. The molecule has 0 aromatic carbocycles. The van der Waals surface area contributed by atoms with Crippen LogP contribution in [0, 0.1) is 5.92 Å². The van der Waals surface area contributed by atoms with E-state index < -0.39 is 14.1 Å². The topological polar surface area (TPSA) is 44.8 Å². The Kier molecular flexibility index (Phi) is 8.39. The van der Waals surface area contributed by atoms with Gasteiger partial charge in [-0.15, -0.1) is 11.6 Å². The van der Waals surface area contributed by atoms with E-state index in [1.54, 1.807) is 0 Å². The van der Waals surface area contributed by atoms with Crippen LogP contribution in [0.25, 0.3) is 0 Å². The van der Waals surface area contributed by atoms with Crippen molar-refractivity contribution in [1.82, 2.24) is 0 Å². The maximum Gasteiger partial charge on any atom is 0.200 e. The van der Waals surface area contributed by atoms with E-state index in [1.807, 2.05) is 0 Å². The molecule has 1 saturated heterocycles. The Labute approximate surface area is 171 Å². The van der Waals surface area contributed by atoms with Crippen molar-refractivity contribution in [1.29, 1.82) is 0 Å². The van der Waals surface area contributed by atoms with Gasteiger partial charge >= 0.3 is 0 Å². The number of rotatable bonds is 10. The van der Waals surface area contributed by atoms with Crippen LogP contribution >= 0.6 is 11.6 Å². The highest BCUT2D eigenvalue weighted by Crippen LogP contribution is 2.47. The predicted octanol–water partition coefficient (Wildman–Crippen LogP) is 5.68. The van der Waals surface area contributed by atoms with Crippen molar-refractivity contribution in [3.63, 3.8) is 0 Å². The molecule has 2 aliphatic rings. The van der Waals surface area contributed by atoms with Gasteiger partial charge in [0.1, 0.15) is 5.78 Å². The average Bonchev–Trinajstić information content (AvgIpc) is 3.19. The molecule has 0 N–H and O–H groups in total. The Hall–Kier alpha value is 0.0569. The maximum absolute atomic E-state index is 13.0. The van der Waals surface area contributed by atoms with Crippen LogP contribution in [0.5, 0.6) is 0 Å². The fourth-order valence-electron chi connectivity index (χ4n) is 5.51. The number of carbonyl (C=O) groups is 1. The van der Waals surface area contributed by atoms with Gasteiger partial charge in [-0.05, 0) is 35.9 Å². The molecule has 1 aliphatic carbocycles. The molecule has 0 spiro atoms. The number of alkyl halides is 1. The number of hydrogen-bond acceptors (Lipinski definition) is 4. The van der Waals surface area contributed by atoms with E-state index in [1.165, 1.54) is 0 Å². The molecule has 0 amide bonds. The van der Waals surface area contributed by atoms with Crippen LogP contribution in [-0.4, -0.2) is 45.1 Å². The molecule has 158 valence electrons. The summed E-state index contributed by atoms with van der Waals surface area (Å²) in [5.74, 6) is -0.0875. The predicted molar refractivity (Wildman–Crippen MR) is 113 cm³/mol. The van der Waals surface area contributed by atoms with Crippen LogP contribution in [0.1, 0.15) is 73.6 Å². The fourth-order valence-corrected chi connectivity index (χ4v) is 11.3. The first-order valence-electron chi connectivity index (χ1n) is 10.7. The SMILES string of the molecule is CC(C)[Si](OC1CC(=O)C(C2(CCCCCl)OCCO2)C1)(C(C)C)C(C)C. The largest absolute Gasteiger partial charge is 0.413 e. The summed E-state index contributed by atoms with van der Waals surface area (Å²) < 4.78 is 19.0. The first-order chi connectivity index (χ1) is 12.7. The number of Topliss-reactive ketones (excluding diaryl/α,β-unsaturated/α-hetero) is 1. The third-order valence-electron chi connectivity index (χ3n) is 6.61. The van der Waals surface area contributed by atoms with Crippen molar-refractivity contribution in [3.05, 3.63) is 0 Å². The van der Waals surface area contributed by atoms with Crippen molar-refractivity contribution in [3.8, 4) is 0 Å². The van der Waals surface area contributed by atoms with E-state index in [0.717, 1.165) is 25.7 Å². The van der Waals surface area contributed by atoms with Gasteiger partial charge in [0.05, 0.1) is 25.2 Å². The van der Waals surface area contributed by atoms with Gasteiger partial charge in [0.15, 0.2) is 5.79 Å². The summed E-state index contributed by atoms with van der Waals surface area (Å²) >= 11 is 5.84. The van der Waals surface area contributed by atoms with Gasteiger partial charge in [-0.2, -0.15) is 0 Å². The van der Waals surface area contributed by atoms with Crippen LogP contribution in [0.3, 0.4) is 0 Å². The molecule has 1 aliphatic heterocycles. The Morgan fingerprint density at radius 2 is 1.63 bits per heavy atom. The summed E-state index contributed by atoms with van der Waals surface area (Å²) in [7, 11) is -2.00. The van der Waals surface area contributed by atoms with Crippen LogP contribution < -0.4 is 0 Å². The minimum atomic E-state index is -2.00. The lowest BCUT2D eigenvalue weighted by Crippen LogP contribution is -2.50. The molecule has 2 atom stereocenters. The number of carbonyl (C=O) groups excluding carboxylic acids is 1. The molecule has 6 heteroatoms. The lowest BCUT2D eigenvalue weighted by Gasteiger charge is -2.44. The molecule has 27 heavy (non-hydrogen) atoms. The van der Waals surface area contributed by atoms with Gasteiger partial charge in [0.25, 0.3) is 0 Å². The zero-order chi connectivity index (χ0) is 20.2. The second-order valence-corrected chi connectivity index (χ2v) is 15.0. The van der Waals surface area contributed by atoms with Crippen molar-refractivity contribution < 1.29 is 18.7 Å². The van der Waals surface area contributed by atoms with Crippen LogP contribution in [0.4, 0.5) is 0 Å². The normalized spacial score (nSPS) is 26.1. The van der Waals surface area contributed by atoms with Gasteiger partial charge in [0, 0.05) is 18.7 Å². The zero-order valence-corrected chi connectivity index (χ0v) is 19.8. The number of ether oxygens (including phenoxy) is 2. The zero-order valence-electron chi connectivity index (χ0n) is 18.1. The standard InChI is InChI=1S/C21H39ClO4Si/c1-15(2)27(16(3)4,17(5)6)26-18-13-19(20(23)14-18)21(9-7-8-10-22)24-11-12-25-21/h15-19H,7-14H2,1-6H3. The van der Waals surface area contributed by atoms with Gasteiger partial charge in [-0.1, -0.05) is 41.5 Å². The van der Waals surface area contributed by atoms with E-state index >= 15 is 0 Å². The minimum Gasteiger partial charge on any atom is -0.413 e. The Morgan fingerprint density at radius 3 is 2.11 bits per heavy atom. The molecule has 1 heterocycles. The van der Waals surface area contributed by atoms with Crippen LogP contribution in [0.2, 0.25) is 16.6 Å². The third kappa shape index (κ3) is 4.80. The van der Waals surface area contributed by atoms with Crippen molar-refractivity contribution in [2.45, 2.75) is 102 Å². The summed E-state index contributed by atoms with van der Waals surface area (Å²) in [4.78, 5) is 13.0. The Morgan fingerprint density at radius 1 is 1.07 bits per heavy atom. The van der Waals surface area contributed by atoms with Crippen LogP contribution in [-0.2, 0) is 18.7 Å². The lowest BCUT2D eigenvalue weighted by molar-refractivity contribution is -0.200. The van der Waals surface area contributed by atoms with Crippen molar-refractivity contribution in [2.75, 3.05) is 19.1 Å². The van der Waals surface area contributed by atoms with E-state index in [0.29, 0.717) is 42.1 Å². The molecular weight excluding hydrogens is 380 g/mol. The fraction of sp³-hybridized carbons (Fsp3) is 0.952. The van der Waals surface area contributed by atoms with Gasteiger partial charge < -0.3 is 13.9 Å². The van der Waals surface area contributed by atoms with Crippen molar-refractivity contribution >= 4 is 25.7 Å². The van der Waals surface area contributed by atoms with E-state index in [2.05, 4.69) is 41.5 Å². The van der Waals surface area contributed by atoms with E-state index in [9.17, 15) is 4.79 Å². The highest BCUT2D eigenvalue weighted by atomic mass is 35.5. The number of ketones is 1. The number of halogens is 1. The average molecular weight is 419 g/mol. The summed E-state index contributed by atoms with van der Waals surface area (Å²) in [6.07, 6.45) is 3.79. The van der Waals surface area contributed by atoms with E-state index in [-0.39, 0.29) is 17.8 Å². The minimum absolute atomic E-state index is 0.000862. The van der Waals surface area contributed by atoms with E-state index in [4.69, 9.17) is 25.5 Å². The molecule has 2 rings (SSSR count). The molecule has 0 aromatic rings. The van der Waals surface area contributed by atoms with Crippen molar-refractivity contribution in [2.24, 2.45) is 5.92 Å². The first kappa shape index (κ1) is 23.3. The Balaban J connectivity index is 2.15. The monoisotopic (exact) mass is 418 g/mol. The first-order valence-corrected chi connectivity index (χ1v) is 13.4. The molecular formula is C21H39ClO4Si. The lowest BCUT2D eigenvalue weighted by atomic mass is 9.91. The highest BCUT2D eigenvalue weighted by molar-refractivity contribution is 6.77. The molecule has 0 aromatic heterocycles. The second-order valence-electron chi connectivity index (χ2n) is 9.17. The molecule has 1 saturated carbocycles. The number of hydrogen-bond donors (Lipinski definition) is 0. The summed E-state index contributed by atoms with van der Waals surface area (Å²) in [5, 5.41) is 0. The molecule has 0 radical (unpaired) electrons. The Bertz CT molecular complexity index is 467. The molecule has 2 unspecified atom stereocenters. The summed E-state index contributed by atoms with van der Waals surface area (Å²) in [6.45, 7) is 14.9. The van der Waals surface area contributed by atoms with Crippen LogP contribution in [0.15, 0.2) is 0 Å². The highest BCUT2D eigenvalue weighted by Gasteiger charge is 2.54. The van der Waals surface area contributed by atoms with Gasteiger partial charge in [-0.25, -0.2) is 0 Å².